The summed E-state index contributed by atoms with van der Waals surface area (Å²) in [6, 6.07) is 0. The molecule has 4 heteroatoms. The fraction of sp³-hybridized carbons (Fsp3) is 0.250. The predicted octanol–water partition coefficient (Wildman–Crippen LogP) is 1.03. The molecule has 0 unspecified atom stereocenters. The molecule has 2 aliphatic rings. The van der Waals surface area contributed by atoms with E-state index in [2.05, 4.69) is 0 Å². The molecule has 0 heterocycles. The van der Waals surface area contributed by atoms with Gasteiger partial charge in [-0.2, -0.15) is 8.78 Å². The van der Waals surface area contributed by atoms with Gasteiger partial charge in [0.05, 0.1) is 0 Å². The third-order valence-corrected chi connectivity index (χ3v) is 2.02. The Labute approximate surface area is 66.6 Å². The smallest absolute Gasteiger partial charge is 0.287 e. The van der Waals surface area contributed by atoms with Crippen LogP contribution in [-0.2, 0) is 9.59 Å². The molecule has 0 aromatic carbocycles. The van der Waals surface area contributed by atoms with Gasteiger partial charge in [-0.3, -0.25) is 9.59 Å². The second-order valence-electron chi connectivity index (χ2n) is 2.73. The average Bonchev–Trinajstić information content (AvgIpc) is 2.53. The Morgan fingerprint density at radius 3 is 2.50 bits per heavy atom. The number of rotatable bonds is 0. The van der Waals surface area contributed by atoms with Gasteiger partial charge in [-0.25, -0.2) is 0 Å². The largest absolute Gasteiger partial charge is 0.371 e. The molecule has 0 N–H and O–H groups in total. The van der Waals surface area contributed by atoms with E-state index in [0.717, 1.165) is 0 Å². The van der Waals surface area contributed by atoms with E-state index in [9.17, 15) is 18.4 Å². The van der Waals surface area contributed by atoms with Gasteiger partial charge in [0.2, 0.25) is 11.6 Å². The Morgan fingerprint density at radius 2 is 1.92 bits per heavy atom. The van der Waals surface area contributed by atoms with Crippen LogP contribution in [0.2, 0.25) is 0 Å². The van der Waals surface area contributed by atoms with Crippen LogP contribution >= 0.6 is 0 Å². The number of alkyl halides is 2. The molecule has 0 amide bonds. The molecule has 0 aliphatic heterocycles. The number of ketones is 2. The van der Waals surface area contributed by atoms with Crippen molar-refractivity contribution in [1.82, 2.24) is 0 Å². The van der Waals surface area contributed by atoms with Crippen molar-refractivity contribution in [2.24, 2.45) is 0 Å². The zero-order chi connectivity index (χ0) is 8.93. The third-order valence-electron chi connectivity index (χ3n) is 2.02. The summed E-state index contributed by atoms with van der Waals surface area (Å²) in [6.45, 7) is 0. The van der Waals surface area contributed by atoms with E-state index in [1.165, 1.54) is 12.2 Å². The van der Waals surface area contributed by atoms with Crippen molar-refractivity contribution in [1.29, 1.82) is 0 Å². The van der Waals surface area contributed by atoms with Crippen LogP contribution in [0.1, 0.15) is 6.42 Å². The highest BCUT2D eigenvalue weighted by Crippen LogP contribution is 2.38. The monoisotopic (exact) mass is 170 g/mol. The number of carbonyl (C=O) groups excluding carboxylic acids is 2. The van der Waals surface area contributed by atoms with E-state index in [1.54, 1.807) is 0 Å². The van der Waals surface area contributed by atoms with E-state index < -0.39 is 17.5 Å². The molecule has 2 rings (SSSR count). The summed E-state index contributed by atoms with van der Waals surface area (Å²) in [5, 5.41) is 0. The molecule has 0 saturated carbocycles. The summed E-state index contributed by atoms with van der Waals surface area (Å²) >= 11 is 0. The SMILES string of the molecule is O=C1C2=C(CC=C2)C(=O)C1(F)F. The van der Waals surface area contributed by atoms with Crippen LogP contribution in [0.15, 0.2) is 23.3 Å². The van der Waals surface area contributed by atoms with Gasteiger partial charge in [0.1, 0.15) is 0 Å². The predicted molar refractivity (Wildman–Crippen MR) is 35.7 cm³/mol. The van der Waals surface area contributed by atoms with Crippen LogP contribution in [0.25, 0.3) is 0 Å². The Bertz CT molecular complexity index is 350. The zero-order valence-corrected chi connectivity index (χ0v) is 5.93. The van der Waals surface area contributed by atoms with Gasteiger partial charge in [-0.05, 0) is 6.42 Å². The van der Waals surface area contributed by atoms with Crippen molar-refractivity contribution >= 4 is 11.6 Å². The van der Waals surface area contributed by atoms with Crippen LogP contribution < -0.4 is 0 Å². The molecule has 12 heavy (non-hydrogen) atoms. The van der Waals surface area contributed by atoms with Crippen molar-refractivity contribution in [2.45, 2.75) is 12.3 Å². The van der Waals surface area contributed by atoms with E-state index >= 15 is 0 Å². The van der Waals surface area contributed by atoms with E-state index in [-0.39, 0.29) is 17.6 Å². The Morgan fingerprint density at radius 1 is 1.25 bits per heavy atom. The lowest BCUT2D eigenvalue weighted by Gasteiger charge is -2.04. The first-order valence-corrected chi connectivity index (χ1v) is 3.42. The molecule has 0 atom stereocenters. The molecule has 62 valence electrons. The van der Waals surface area contributed by atoms with Gasteiger partial charge < -0.3 is 0 Å². The fourth-order valence-electron chi connectivity index (χ4n) is 1.39. The van der Waals surface area contributed by atoms with Crippen LogP contribution in [0.5, 0.6) is 0 Å². The molecular formula is C8H4F2O2. The summed E-state index contributed by atoms with van der Waals surface area (Å²) < 4.78 is 25.4. The molecule has 0 bridgehead atoms. The fourth-order valence-corrected chi connectivity index (χ4v) is 1.39. The lowest BCUT2D eigenvalue weighted by atomic mass is 10.1. The summed E-state index contributed by atoms with van der Waals surface area (Å²) in [5.41, 5.74) is -0.144. The minimum atomic E-state index is -3.80. The molecule has 0 spiro atoms. The van der Waals surface area contributed by atoms with Gasteiger partial charge in [0.15, 0.2) is 0 Å². The summed E-state index contributed by atoms with van der Waals surface area (Å²) in [5.74, 6) is -6.47. The maximum Gasteiger partial charge on any atom is 0.371 e. The maximum atomic E-state index is 12.7. The molecule has 0 aromatic heterocycles. The lowest BCUT2D eigenvalue weighted by Crippen LogP contribution is -2.32. The highest BCUT2D eigenvalue weighted by molar-refractivity contribution is 6.30. The summed E-state index contributed by atoms with van der Waals surface area (Å²) in [6.07, 6.45) is 2.99. The van der Waals surface area contributed by atoms with Gasteiger partial charge in [0.25, 0.3) is 0 Å². The number of Topliss-reactive ketones (excluding diaryl/α,β-unsaturated/α-hetero) is 2. The minimum absolute atomic E-state index is 0.0370. The topological polar surface area (TPSA) is 34.1 Å². The first-order chi connectivity index (χ1) is 5.55. The highest BCUT2D eigenvalue weighted by atomic mass is 19.3. The van der Waals surface area contributed by atoms with E-state index in [0.29, 0.717) is 0 Å². The van der Waals surface area contributed by atoms with Crippen LogP contribution in [0.4, 0.5) is 8.78 Å². The van der Waals surface area contributed by atoms with Gasteiger partial charge in [-0.15, -0.1) is 0 Å². The van der Waals surface area contributed by atoms with E-state index in [1.807, 2.05) is 0 Å². The van der Waals surface area contributed by atoms with Crippen LogP contribution in [0, 0.1) is 0 Å². The van der Waals surface area contributed by atoms with Crippen molar-refractivity contribution < 1.29 is 18.4 Å². The van der Waals surface area contributed by atoms with Gasteiger partial charge >= 0.3 is 5.92 Å². The number of allylic oxidation sites excluding steroid dienone is 4. The van der Waals surface area contributed by atoms with Crippen LogP contribution in [0.3, 0.4) is 0 Å². The average molecular weight is 170 g/mol. The molecule has 0 radical (unpaired) electrons. The molecule has 0 fully saturated rings. The lowest BCUT2D eigenvalue weighted by molar-refractivity contribution is -0.149. The quantitative estimate of drug-likeness (QED) is 0.509. The second kappa shape index (κ2) is 1.88. The number of carbonyl (C=O) groups is 2. The number of hydrogen-bond acceptors (Lipinski definition) is 2. The number of hydrogen-bond donors (Lipinski definition) is 0. The van der Waals surface area contributed by atoms with Crippen LogP contribution in [-0.4, -0.2) is 17.5 Å². The zero-order valence-electron chi connectivity index (χ0n) is 5.93. The molecule has 0 aromatic rings. The van der Waals surface area contributed by atoms with Gasteiger partial charge in [-0.1, -0.05) is 12.2 Å². The third kappa shape index (κ3) is 0.622. The Balaban J connectivity index is 2.56. The number of halogens is 2. The second-order valence-corrected chi connectivity index (χ2v) is 2.73. The Hall–Kier alpha value is -1.32. The molecule has 2 nitrogen and oxygen atoms in total. The van der Waals surface area contributed by atoms with Crippen molar-refractivity contribution in [3.63, 3.8) is 0 Å². The normalized spacial score (nSPS) is 25.5. The first kappa shape index (κ1) is 7.34. The minimum Gasteiger partial charge on any atom is -0.287 e. The molecule has 2 aliphatic carbocycles. The molecular weight excluding hydrogens is 166 g/mol. The van der Waals surface area contributed by atoms with Crippen molar-refractivity contribution in [2.75, 3.05) is 0 Å². The standard InChI is InChI=1S/C8H4F2O2/c9-8(10)6(11)4-2-1-3-5(4)7(8)12/h1-2H,3H2. The van der Waals surface area contributed by atoms with Crippen molar-refractivity contribution in [3.8, 4) is 0 Å². The first-order valence-electron chi connectivity index (χ1n) is 3.42. The van der Waals surface area contributed by atoms with Gasteiger partial charge in [0, 0.05) is 11.1 Å². The maximum absolute atomic E-state index is 12.7. The molecule has 0 saturated heterocycles. The highest BCUT2D eigenvalue weighted by Gasteiger charge is 2.56. The Kier molecular flexibility index (Phi) is 1.15. The van der Waals surface area contributed by atoms with E-state index in [4.69, 9.17) is 0 Å². The summed E-state index contributed by atoms with van der Waals surface area (Å²) in [7, 11) is 0. The van der Waals surface area contributed by atoms with Crippen molar-refractivity contribution in [3.05, 3.63) is 23.3 Å². The summed E-state index contributed by atoms with van der Waals surface area (Å²) in [4.78, 5) is 21.7.